The number of nitrogens with one attached hydrogen (secondary N) is 1. The molecule has 15 heavy (non-hydrogen) atoms. The van der Waals surface area contributed by atoms with Crippen molar-refractivity contribution in [2.24, 2.45) is 5.92 Å². The largest absolute Gasteiger partial charge is 0.468 e. The second kappa shape index (κ2) is 9.00. The van der Waals surface area contributed by atoms with Gasteiger partial charge in [0.2, 0.25) is 0 Å². The summed E-state index contributed by atoms with van der Waals surface area (Å²) in [6, 6.07) is -0.216. The lowest BCUT2D eigenvalue weighted by atomic mass is 10.2. The topological polar surface area (TPSA) is 58.6 Å². The summed E-state index contributed by atoms with van der Waals surface area (Å²) in [7, 11) is 3.15. The van der Waals surface area contributed by atoms with E-state index in [2.05, 4.69) is 10.1 Å². The monoisotopic (exact) mass is 235 g/mol. The summed E-state index contributed by atoms with van der Waals surface area (Å²) in [5.41, 5.74) is 0. The van der Waals surface area contributed by atoms with Gasteiger partial charge in [0.25, 0.3) is 0 Å². The van der Waals surface area contributed by atoms with Crippen LogP contribution < -0.4 is 5.32 Å². The second-order valence-electron chi connectivity index (χ2n) is 3.52. The molecule has 0 amide bonds. The van der Waals surface area contributed by atoms with E-state index in [0.29, 0.717) is 5.92 Å². The van der Waals surface area contributed by atoms with Gasteiger partial charge in [0, 0.05) is 6.61 Å². The van der Waals surface area contributed by atoms with E-state index in [1.165, 1.54) is 7.11 Å². The predicted molar refractivity (Wildman–Crippen MR) is 63.1 cm³/mol. The van der Waals surface area contributed by atoms with Gasteiger partial charge in [-0.15, -0.1) is 0 Å². The number of esters is 1. The minimum atomic E-state index is -0.216. The highest BCUT2D eigenvalue weighted by molar-refractivity contribution is 7.99. The van der Waals surface area contributed by atoms with Gasteiger partial charge in [-0.25, -0.2) is 0 Å². The van der Waals surface area contributed by atoms with Crippen LogP contribution in [0.2, 0.25) is 0 Å². The van der Waals surface area contributed by atoms with Gasteiger partial charge in [-0.2, -0.15) is 11.8 Å². The molecule has 0 aliphatic rings. The molecule has 0 aliphatic carbocycles. The molecule has 0 aromatic heterocycles. The van der Waals surface area contributed by atoms with Crippen LogP contribution >= 0.6 is 11.8 Å². The van der Waals surface area contributed by atoms with E-state index in [1.807, 2.05) is 6.92 Å². The first kappa shape index (κ1) is 14.7. The first-order valence-electron chi connectivity index (χ1n) is 5.09. The maximum atomic E-state index is 11.2. The van der Waals surface area contributed by atoms with Crippen molar-refractivity contribution >= 4 is 17.7 Å². The van der Waals surface area contributed by atoms with Crippen molar-refractivity contribution in [1.29, 1.82) is 0 Å². The molecule has 0 saturated carbocycles. The van der Waals surface area contributed by atoms with Crippen LogP contribution in [0.15, 0.2) is 0 Å². The Morgan fingerprint density at radius 2 is 2.27 bits per heavy atom. The van der Waals surface area contributed by atoms with Crippen LogP contribution in [-0.2, 0) is 9.53 Å². The van der Waals surface area contributed by atoms with Crippen molar-refractivity contribution in [3.8, 4) is 0 Å². The molecule has 0 aromatic carbocycles. The first-order chi connectivity index (χ1) is 7.15. The normalized spacial score (nSPS) is 14.7. The molecule has 90 valence electrons. The zero-order valence-corrected chi connectivity index (χ0v) is 10.5. The van der Waals surface area contributed by atoms with Crippen LogP contribution in [0.5, 0.6) is 0 Å². The average molecular weight is 235 g/mol. The van der Waals surface area contributed by atoms with Crippen LogP contribution in [0.3, 0.4) is 0 Å². The molecule has 2 unspecified atom stereocenters. The number of aliphatic hydroxyl groups excluding tert-OH is 1. The third kappa shape index (κ3) is 6.76. The molecule has 2 atom stereocenters. The average Bonchev–Trinajstić information content (AvgIpc) is 2.27. The Hall–Kier alpha value is -0.260. The zero-order chi connectivity index (χ0) is 11.7. The van der Waals surface area contributed by atoms with E-state index >= 15 is 0 Å². The third-order valence-corrected chi connectivity index (χ3v) is 3.43. The van der Waals surface area contributed by atoms with Crippen molar-refractivity contribution in [1.82, 2.24) is 5.32 Å². The highest BCUT2D eigenvalue weighted by Gasteiger charge is 2.15. The minimum Gasteiger partial charge on any atom is -0.468 e. The number of hydrogen-bond donors (Lipinski definition) is 2. The lowest BCUT2D eigenvalue weighted by Crippen LogP contribution is -2.35. The van der Waals surface area contributed by atoms with Gasteiger partial charge in [0.15, 0.2) is 0 Å². The number of carbonyl (C=O) groups excluding carboxylic acids is 1. The van der Waals surface area contributed by atoms with Crippen LogP contribution in [0, 0.1) is 5.92 Å². The smallest absolute Gasteiger partial charge is 0.322 e. The molecule has 5 heteroatoms. The zero-order valence-electron chi connectivity index (χ0n) is 9.66. The molecule has 0 heterocycles. The Morgan fingerprint density at radius 1 is 1.60 bits per heavy atom. The van der Waals surface area contributed by atoms with Gasteiger partial charge >= 0.3 is 5.97 Å². The Kier molecular flexibility index (Phi) is 8.85. The summed E-state index contributed by atoms with van der Waals surface area (Å²) in [6.45, 7) is 2.22. The van der Waals surface area contributed by atoms with Crippen molar-refractivity contribution in [3.63, 3.8) is 0 Å². The molecular weight excluding hydrogens is 214 g/mol. The van der Waals surface area contributed by atoms with Gasteiger partial charge in [-0.3, -0.25) is 4.79 Å². The number of hydrogen-bond acceptors (Lipinski definition) is 5. The predicted octanol–water partition coefficient (Wildman–Crippen LogP) is 0.499. The molecule has 2 N–H and O–H groups in total. The molecule has 0 saturated heterocycles. The Labute approximate surface area is 95.8 Å². The lowest BCUT2D eigenvalue weighted by molar-refractivity contribution is -0.143. The maximum absolute atomic E-state index is 11.2. The van der Waals surface area contributed by atoms with Gasteiger partial charge in [-0.05, 0) is 30.9 Å². The highest BCUT2D eigenvalue weighted by Crippen LogP contribution is 2.10. The summed E-state index contributed by atoms with van der Waals surface area (Å²) in [5.74, 6) is 1.92. The van der Waals surface area contributed by atoms with Gasteiger partial charge in [-0.1, -0.05) is 6.92 Å². The number of likely N-dealkylation sites (N-methyl/N-ethyl adjacent to an activating group) is 1. The summed E-state index contributed by atoms with van der Waals surface area (Å²) < 4.78 is 4.65. The molecule has 0 fully saturated rings. The minimum absolute atomic E-state index is 0.215. The van der Waals surface area contributed by atoms with Gasteiger partial charge < -0.3 is 15.2 Å². The fourth-order valence-corrected chi connectivity index (χ4v) is 2.14. The van der Waals surface area contributed by atoms with E-state index in [0.717, 1.165) is 17.9 Å². The number of thioether (sulfide) groups is 1. The van der Waals surface area contributed by atoms with E-state index in [1.54, 1.807) is 18.8 Å². The molecule has 0 spiro atoms. The van der Waals surface area contributed by atoms with Gasteiger partial charge in [0.1, 0.15) is 6.04 Å². The molecule has 0 bridgehead atoms. The molecule has 0 aliphatic heterocycles. The van der Waals surface area contributed by atoms with E-state index in [4.69, 9.17) is 5.11 Å². The van der Waals surface area contributed by atoms with Crippen LogP contribution in [0.1, 0.15) is 13.3 Å². The van der Waals surface area contributed by atoms with Crippen molar-refractivity contribution < 1.29 is 14.6 Å². The van der Waals surface area contributed by atoms with Crippen molar-refractivity contribution in [3.05, 3.63) is 0 Å². The third-order valence-electron chi connectivity index (χ3n) is 2.10. The first-order valence-corrected chi connectivity index (χ1v) is 6.24. The van der Waals surface area contributed by atoms with Crippen LogP contribution in [-0.4, -0.2) is 49.4 Å². The number of methoxy groups -OCH3 is 1. The number of ether oxygens (including phenoxy) is 1. The molecule has 4 nitrogen and oxygen atoms in total. The fourth-order valence-electron chi connectivity index (χ4n) is 1.06. The van der Waals surface area contributed by atoms with Crippen LogP contribution in [0.25, 0.3) is 0 Å². The second-order valence-corrected chi connectivity index (χ2v) is 4.67. The number of carbonyl (C=O) groups is 1. The molecule has 0 radical (unpaired) electrons. The van der Waals surface area contributed by atoms with Gasteiger partial charge in [0.05, 0.1) is 7.11 Å². The SMILES string of the molecule is CNC(CCSCC(C)CO)C(=O)OC. The maximum Gasteiger partial charge on any atom is 0.322 e. The Balaban J connectivity index is 3.59. The molecule has 0 aromatic rings. The molecule has 0 rings (SSSR count). The summed E-state index contributed by atoms with van der Waals surface area (Å²) >= 11 is 1.75. The van der Waals surface area contributed by atoms with Crippen molar-refractivity contribution in [2.75, 3.05) is 32.3 Å². The summed E-state index contributed by atoms with van der Waals surface area (Å²) in [6.07, 6.45) is 0.756. The van der Waals surface area contributed by atoms with E-state index in [9.17, 15) is 4.79 Å². The standard InChI is InChI=1S/C10H21NO3S/c1-8(6-12)7-15-5-4-9(11-2)10(13)14-3/h8-9,11-12H,4-7H2,1-3H3. The van der Waals surface area contributed by atoms with Crippen molar-refractivity contribution in [2.45, 2.75) is 19.4 Å². The molecular formula is C10H21NO3S. The summed E-state index contributed by atoms with van der Waals surface area (Å²) in [5, 5.41) is 11.7. The van der Waals surface area contributed by atoms with Crippen LogP contribution in [0.4, 0.5) is 0 Å². The number of aliphatic hydroxyl groups is 1. The summed E-state index contributed by atoms with van der Waals surface area (Å²) in [4.78, 5) is 11.2. The fraction of sp³-hybridized carbons (Fsp3) is 0.900. The quantitative estimate of drug-likeness (QED) is 0.474. The van der Waals surface area contributed by atoms with E-state index < -0.39 is 0 Å². The number of rotatable bonds is 8. The van der Waals surface area contributed by atoms with E-state index in [-0.39, 0.29) is 18.6 Å². The highest BCUT2D eigenvalue weighted by atomic mass is 32.2. The lowest BCUT2D eigenvalue weighted by Gasteiger charge is -2.13. The Bertz CT molecular complexity index is 178. The Morgan fingerprint density at radius 3 is 2.73 bits per heavy atom.